The van der Waals surface area contributed by atoms with Crippen LogP contribution in [-0.4, -0.2) is 29.0 Å². The van der Waals surface area contributed by atoms with Gasteiger partial charge in [0.05, 0.1) is 6.54 Å². The first-order chi connectivity index (χ1) is 7.18. The molecule has 4 nitrogen and oxygen atoms in total. The summed E-state index contributed by atoms with van der Waals surface area (Å²) in [7, 11) is 0. The average Bonchev–Trinajstić information content (AvgIpc) is 2.25. The second kappa shape index (κ2) is 5.81. The molecule has 1 amide bonds. The molecule has 0 saturated carbocycles. The lowest BCUT2D eigenvalue weighted by Gasteiger charge is -2.01. The fourth-order valence-corrected chi connectivity index (χ4v) is 0.879. The second-order valence-electron chi connectivity index (χ2n) is 2.81. The summed E-state index contributed by atoms with van der Waals surface area (Å²) in [4.78, 5) is 11.0. The molecule has 0 heterocycles. The highest BCUT2D eigenvalue weighted by atomic mass is 16.5. The number of carbonyl (C=O) groups excluding carboxylic acids is 1. The van der Waals surface area contributed by atoms with Crippen molar-refractivity contribution in [1.82, 2.24) is 5.32 Å². The zero-order chi connectivity index (χ0) is 11.1. The van der Waals surface area contributed by atoms with Crippen LogP contribution in [0, 0.1) is 11.8 Å². The first-order valence-corrected chi connectivity index (χ1v) is 4.39. The maximum absolute atomic E-state index is 11.0. The second-order valence-corrected chi connectivity index (χ2v) is 2.81. The molecule has 0 aromatic heterocycles. The summed E-state index contributed by atoms with van der Waals surface area (Å²) in [6.45, 7) is -0.220. The van der Waals surface area contributed by atoms with Crippen molar-refractivity contribution in [3.05, 3.63) is 35.9 Å². The van der Waals surface area contributed by atoms with Gasteiger partial charge in [-0.15, -0.1) is 0 Å². The monoisotopic (exact) mass is 205 g/mol. The molecule has 0 saturated heterocycles. The van der Waals surface area contributed by atoms with Crippen molar-refractivity contribution in [3.8, 4) is 11.8 Å². The first-order valence-electron chi connectivity index (χ1n) is 4.39. The molecule has 4 heteroatoms. The zero-order valence-corrected chi connectivity index (χ0v) is 7.97. The van der Waals surface area contributed by atoms with Gasteiger partial charge in [-0.3, -0.25) is 4.79 Å². The van der Waals surface area contributed by atoms with E-state index >= 15 is 0 Å². The van der Waals surface area contributed by atoms with Crippen LogP contribution in [0.1, 0.15) is 5.56 Å². The van der Waals surface area contributed by atoms with Crippen LogP contribution < -0.4 is 5.32 Å². The third-order valence-corrected chi connectivity index (χ3v) is 1.54. The fourth-order valence-electron chi connectivity index (χ4n) is 0.879. The van der Waals surface area contributed by atoms with Crippen molar-refractivity contribution in [3.63, 3.8) is 0 Å². The molecular weight excluding hydrogens is 194 g/mol. The van der Waals surface area contributed by atoms with Gasteiger partial charge in [0.1, 0.15) is 0 Å². The third kappa shape index (κ3) is 4.81. The van der Waals surface area contributed by atoms with E-state index in [0.717, 1.165) is 5.56 Å². The molecule has 1 aromatic carbocycles. The van der Waals surface area contributed by atoms with Crippen LogP contribution in [0.15, 0.2) is 30.3 Å². The molecule has 0 unspecified atom stereocenters. The highest BCUT2D eigenvalue weighted by Crippen LogP contribution is 1.94. The predicted octanol–water partition coefficient (Wildman–Crippen LogP) is -0.535. The minimum Gasteiger partial charge on any atom is -0.367 e. The summed E-state index contributed by atoms with van der Waals surface area (Å²) in [5.41, 5.74) is 0.734. The van der Waals surface area contributed by atoms with E-state index < -0.39 is 12.2 Å². The van der Waals surface area contributed by atoms with Gasteiger partial charge in [0.2, 0.25) is 0 Å². The Morgan fingerprint density at radius 2 is 2.00 bits per heavy atom. The van der Waals surface area contributed by atoms with E-state index in [1.807, 2.05) is 18.2 Å². The van der Waals surface area contributed by atoms with E-state index in [1.165, 1.54) is 0 Å². The summed E-state index contributed by atoms with van der Waals surface area (Å²) >= 11 is 0. The van der Waals surface area contributed by atoms with Crippen LogP contribution in [0.3, 0.4) is 0 Å². The Morgan fingerprint density at radius 1 is 1.33 bits per heavy atom. The van der Waals surface area contributed by atoms with Gasteiger partial charge in [0.15, 0.2) is 6.29 Å². The van der Waals surface area contributed by atoms with Gasteiger partial charge >= 0.3 is 0 Å². The van der Waals surface area contributed by atoms with Crippen LogP contribution in [0.4, 0.5) is 0 Å². The van der Waals surface area contributed by atoms with Gasteiger partial charge < -0.3 is 15.5 Å². The van der Waals surface area contributed by atoms with E-state index in [2.05, 4.69) is 17.2 Å². The maximum atomic E-state index is 11.0. The molecule has 0 atom stereocenters. The van der Waals surface area contributed by atoms with Gasteiger partial charge in [-0.2, -0.15) is 0 Å². The van der Waals surface area contributed by atoms with Crippen molar-refractivity contribution in [2.75, 3.05) is 6.54 Å². The topological polar surface area (TPSA) is 69.6 Å². The molecule has 3 N–H and O–H groups in total. The molecule has 15 heavy (non-hydrogen) atoms. The van der Waals surface area contributed by atoms with Gasteiger partial charge in [0, 0.05) is 11.5 Å². The Labute approximate surface area is 87.6 Å². The Hall–Kier alpha value is -1.83. The van der Waals surface area contributed by atoms with E-state index in [-0.39, 0.29) is 6.54 Å². The van der Waals surface area contributed by atoms with Crippen molar-refractivity contribution in [2.24, 2.45) is 0 Å². The Morgan fingerprint density at radius 3 is 2.60 bits per heavy atom. The standard InChI is InChI=1S/C11H11NO3/c13-10(12-8-11(14)15)7-6-9-4-2-1-3-5-9/h1-5,11,14-15H,8H2,(H,12,13). The highest BCUT2D eigenvalue weighted by molar-refractivity contribution is 5.94. The molecule has 0 fully saturated rings. The third-order valence-electron chi connectivity index (χ3n) is 1.54. The number of benzene rings is 1. The van der Waals surface area contributed by atoms with Gasteiger partial charge in [-0.25, -0.2) is 0 Å². The number of hydrogen-bond acceptors (Lipinski definition) is 3. The van der Waals surface area contributed by atoms with Crippen LogP contribution >= 0.6 is 0 Å². The number of amides is 1. The summed E-state index contributed by atoms with van der Waals surface area (Å²) < 4.78 is 0. The molecule has 1 aromatic rings. The smallest absolute Gasteiger partial charge is 0.296 e. The normalized spacial score (nSPS) is 9.27. The number of nitrogens with one attached hydrogen (secondary N) is 1. The molecule has 0 aliphatic carbocycles. The lowest BCUT2D eigenvalue weighted by atomic mass is 10.2. The summed E-state index contributed by atoms with van der Waals surface area (Å²) in [6.07, 6.45) is -1.55. The van der Waals surface area contributed by atoms with Crippen LogP contribution in [0.25, 0.3) is 0 Å². The molecular formula is C11H11NO3. The molecule has 0 bridgehead atoms. The van der Waals surface area contributed by atoms with Crippen LogP contribution in [0.5, 0.6) is 0 Å². The van der Waals surface area contributed by atoms with Gasteiger partial charge in [-0.1, -0.05) is 24.1 Å². The number of aliphatic hydroxyl groups is 2. The van der Waals surface area contributed by atoms with E-state index in [0.29, 0.717) is 0 Å². The summed E-state index contributed by atoms with van der Waals surface area (Å²) in [5.74, 6) is 4.44. The van der Waals surface area contributed by atoms with Gasteiger partial charge in [0.25, 0.3) is 5.91 Å². The summed E-state index contributed by atoms with van der Waals surface area (Å²) in [6, 6.07) is 9.05. The number of rotatable bonds is 2. The minimum atomic E-state index is -1.55. The van der Waals surface area contributed by atoms with Gasteiger partial charge in [-0.05, 0) is 12.1 Å². The number of hydrogen-bond donors (Lipinski definition) is 3. The molecule has 0 aliphatic heterocycles. The van der Waals surface area contributed by atoms with Crippen molar-refractivity contribution in [1.29, 1.82) is 0 Å². The molecule has 0 spiro atoms. The molecule has 0 radical (unpaired) electrons. The lowest BCUT2D eigenvalue weighted by Crippen LogP contribution is -2.30. The zero-order valence-electron chi connectivity index (χ0n) is 7.97. The van der Waals surface area contributed by atoms with Crippen LogP contribution in [-0.2, 0) is 4.79 Å². The molecule has 0 aliphatic rings. The van der Waals surface area contributed by atoms with E-state index in [1.54, 1.807) is 12.1 Å². The number of carbonyl (C=O) groups is 1. The quantitative estimate of drug-likeness (QED) is 0.449. The molecule has 78 valence electrons. The lowest BCUT2D eigenvalue weighted by molar-refractivity contribution is -0.118. The highest BCUT2D eigenvalue weighted by Gasteiger charge is 1.98. The summed E-state index contributed by atoms with van der Waals surface area (Å²) in [5, 5.41) is 19.2. The molecule has 1 rings (SSSR count). The minimum absolute atomic E-state index is 0.220. The fraction of sp³-hybridized carbons (Fsp3) is 0.182. The Bertz CT molecular complexity index is 376. The average molecular weight is 205 g/mol. The van der Waals surface area contributed by atoms with E-state index in [4.69, 9.17) is 10.2 Å². The number of aliphatic hydroxyl groups excluding tert-OH is 1. The van der Waals surface area contributed by atoms with Crippen LogP contribution in [0.2, 0.25) is 0 Å². The van der Waals surface area contributed by atoms with Crippen molar-refractivity contribution < 1.29 is 15.0 Å². The Balaban J connectivity index is 2.48. The van der Waals surface area contributed by atoms with Crippen molar-refractivity contribution >= 4 is 5.91 Å². The maximum Gasteiger partial charge on any atom is 0.296 e. The van der Waals surface area contributed by atoms with Crippen molar-refractivity contribution in [2.45, 2.75) is 6.29 Å². The largest absolute Gasteiger partial charge is 0.367 e. The first kappa shape index (κ1) is 11.2. The predicted molar refractivity (Wildman–Crippen MR) is 54.6 cm³/mol. The van der Waals surface area contributed by atoms with E-state index in [9.17, 15) is 4.79 Å². The SMILES string of the molecule is O=C(C#Cc1ccccc1)NCC(O)O. The Kier molecular flexibility index (Phi) is 4.35.